The summed E-state index contributed by atoms with van der Waals surface area (Å²) in [6, 6.07) is 17.8. The molecule has 1 saturated heterocycles. The van der Waals surface area contributed by atoms with Crippen LogP contribution in [0.3, 0.4) is 0 Å². The normalized spacial score (nSPS) is 18.3. The number of carbonyl (C=O) groups is 1. The van der Waals surface area contributed by atoms with Gasteiger partial charge in [-0.05, 0) is 43.2 Å². The second kappa shape index (κ2) is 6.20. The van der Waals surface area contributed by atoms with Crippen LogP contribution in [0, 0.1) is 5.41 Å². The molecule has 2 aromatic rings. The summed E-state index contributed by atoms with van der Waals surface area (Å²) in [6.07, 6.45) is 1.93. The van der Waals surface area contributed by atoms with Crippen molar-refractivity contribution in [2.45, 2.75) is 20.4 Å². The van der Waals surface area contributed by atoms with Gasteiger partial charge in [0, 0.05) is 4.47 Å². The molecule has 1 amide bonds. The first kappa shape index (κ1) is 15.8. The van der Waals surface area contributed by atoms with E-state index in [4.69, 9.17) is 4.84 Å². The van der Waals surface area contributed by atoms with Crippen molar-refractivity contribution in [2.24, 2.45) is 5.41 Å². The summed E-state index contributed by atoms with van der Waals surface area (Å²) in [4.78, 5) is 18.5. The molecule has 0 unspecified atom stereocenters. The second-order valence-corrected chi connectivity index (χ2v) is 7.02. The fourth-order valence-electron chi connectivity index (χ4n) is 2.46. The van der Waals surface area contributed by atoms with E-state index in [2.05, 4.69) is 15.9 Å². The third-order valence-electron chi connectivity index (χ3n) is 3.92. The molecule has 1 aliphatic heterocycles. The highest BCUT2D eigenvalue weighted by molar-refractivity contribution is 9.10. The van der Waals surface area contributed by atoms with Gasteiger partial charge in [-0.15, -0.1) is 0 Å². The minimum atomic E-state index is -0.662. The lowest BCUT2D eigenvalue weighted by molar-refractivity contribution is -0.159. The van der Waals surface area contributed by atoms with E-state index in [9.17, 15) is 4.79 Å². The van der Waals surface area contributed by atoms with Gasteiger partial charge in [-0.25, -0.2) is 0 Å². The molecule has 0 bridgehead atoms. The lowest BCUT2D eigenvalue weighted by Gasteiger charge is -2.15. The molecule has 3 nitrogen and oxygen atoms in total. The van der Waals surface area contributed by atoms with Crippen molar-refractivity contribution >= 4 is 27.9 Å². The van der Waals surface area contributed by atoms with Crippen LogP contribution in [0.2, 0.25) is 0 Å². The minimum absolute atomic E-state index is 0.0254. The zero-order valence-corrected chi connectivity index (χ0v) is 14.7. The predicted octanol–water partition coefficient (Wildman–Crippen LogP) is 4.79. The number of carbonyl (C=O) groups excluding carboxylic acids is 1. The van der Waals surface area contributed by atoms with E-state index in [-0.39, 0.29) is 5.91 Å². The smallest absolute Gasteiger partial charge is 0.268 e. The van der Waals surface area contributed by atoms with Crippen molar-refractivity contribution < 1.29 is 9.63 Å². The van der Waals surface area contributed by atoms with Gasteiger partial charge in [-0.3, -0.25) is 4.79 Å². The van der Waals surface area contributed by atoms with E-state index < -0.39 is 5.41 Å². The maximum atomic E-state index is 12.6. The van der Waals surface area contributed by atoms with Crippen molar-refractivity contribution in [3.05, 3.63) is 76.0 Å². The van der Waals surface area contributed by atoms with E-state index in [0.717, 1.165) is 15.6 Å². The highest BCUT2D eigenvalue weighted by Crippen LogP contribution is 2.39. The average Bonchev–Trinajstić information content (AvgIpc) is 2.74. The van der Waals surface area contributed by atoms with Gasteiger partial charge in [0.25, 0.3) is 5.91 Å². The molecule has 0 aliphatic carbocycles. The minimum Gasteiger partial charge on any atom is -0.380 e. The van der Waals surface area contributed by atoms with Crippen LogP contribution < -0.4 is 0 Å². The number of hydrogen-bond donors (Lipinski definition) is 0. The molecule has 1 aliphatic rings. The maximum absolute atomic E-state index is 12.6. The maximum Gasteiger partial charge on any atom is 0.268 e. The van der Waals surface area contributed by atoms with Crippen LogP contribution in [0.25, 0.3) is 6.08 Å². The number of rotatable bonds is 3. The van der Waals surface area contributed by atoms with Gasteiger partial charge in [0.15, 0.2) is 0 Å². The Morgan fingerprint density at radius 3 is 2.39 bits per heavy atom. The summed E-state index contributed by atoms with van der Waals surface area (Å²) < 4.78 is 1.01. The van der Waals surface area contributed by atoms with Crippen molar-refractivity contribution in [1.82, 2.24) is 5.06 Å². The molecule has 0 aromatic heterocycles. The van der Waals surface area contributed by atoms with Crippen molar-refractivity contribution in [3.8, 4) is 0 Å². The van der Waals surface area contributed by atoms with Crippen LogP contribution >= 0.6 is 15.9 Å². The number of hydroxylamine groups is 2. The Hall–Kier alpha value is -2.07. The third kappa shape index (κ3) is 3.32. The molecular weight excluding hydrogens is 354 g/mol. The predicted molar refractivity (Wildman–Crippen MR) is 94.0 cm³/mol. The summed E-state index contributed by atoms with van der Waals surface area (Å²) in [5.74, 6) is 0.647. The van der Waals surface area contributed by atoms with Crippen LogP contribution in [0.4, 0.5) is 0 Å². The summed E-state index contributed by atoms with van der Waals surface area (Å²) in [5.41, 5.74) is 1.39. The van der Waals surface area contributed by atoms with Gasteiger partial charge in [0.2, 0.25) is 0 Å². The molecule has 2 aromatic carbocycles. The van der Waals surface area contributed by atoms with E-state index in [1.54, 1.807) is 0 Å². The summed E-state index contributed by atoms with van der Waals surface area (Å²) in [5, 5.41) is 1.44. The number of hydrogen-bond acceptors (Lipinski definition) is 2. The summed E-state index contributed by atoms with van der Waals surface area (Å²) in [7, 11) is 0. The van der Waals surface area contributed by atoms with Crippen LogP contribution in [-0.2, 0) is 16.2 Å². The number of amides is 1. The third-order valence-corrected chi connectivity index (χ3v) is 4.45. The van der Waals surface area contributed by atoms with Gasteiger partial charge < -0.3 is 4.84 Å². The zero-order valence-electron chi connectivity index (χ0n) is 13.1. The van der Waals surface area contributed by atoms with Crippen molar-refractivity contribution in [1.29, 1.82) is 0 Å². The molecule has 1 fully saturated rings. The van der Waals surface area contributed by atoms with Crippen LogP contribution in [0.5, 0.6) is 0 Å². The lowest BCUT2D eigenvalue weighted by Crippen LogP contribution is -2.30. The van der Waals surface area contributed by atoms with E-state index in [1.807, 2.05) is 74.5 Å². The van der Waals surface area contributed by atoms with Crippen molar-refractivity contribution in [3.63, 3.8) is 0 Å². The topological polar surface area (TPSA) is 29.5 Å². The largest absolute Gasteiger partial charge is 0.380 e. The molecule has 23 heavy (non-hydrogen) atoms. The monoisotopic (exact) mass is 371 g/mol. The Kier molecular flexibility index (Phi) is 4.26. The first-order valence-electron chi connectivity index (χ1n) is 7.48. The first-order valence-corrected chi connectivity index (χ1v) is 8.28. The van der Waals surface area contributed by atoms with Crippen LogP contribution in [0.15, 0.2) is 64.8 Å². The quantitative estimate of drug-likeness (QED) is 0.775. The molecule has 0 atom stereocenters. The van der Waals surface area contributed by atoms with E-state index >= 15 is 0 Å². The van der Waals surface area contributed by atoms with Gasteiger partial charge in [0.1, 0.15) is 11.2 Å². The molecule has 4 heteroatoms. The Bertz CT molecular complexity index is 736. The van der Waals surface area contributed by atoms with Crippen LogP contribution in [-0.4, -0.2) is 11.0 Å². The SMILES string of the molecule is CC1(C)C(=O)N(Cc2ccc(Br)cc2)O/C1=C\c1ccccc1. The lowest BCUT2D eigenvalue weighted by atomic mass is 9.89. The fourth-order valence-corrected chi connectivity index (χ4v) is 2.72. The van der Waals surface area contributed by atoms with Gasteiger partial charge >= 0.3 is 0 Å². The summed E-state index contributed by atoms with van der Waals surface area (Å²) >= 11 is 3.41. The molecule has 3 rings (SSSR count). The number of nitrogens with zero attached hydrogens (tertiary/aromatic N) is 1. The molecular formula is C19H18BrNO2. The number of benzene rings is 2. The Morgan fingerprint density at radius 1 is 1.09 bits per heavy atom. The molecule has 118 valence electrons. The van der Waals surface area contributed by atoms with Gasteiger partial charge in [0.05, 0.1) is 6.54 Å². The Labute approximate surface area is 144 Å². The zero-order chi connectivity index (χ0) is 16.4. The molecule has 0 spiro atoms. The first-order chi connectivity index (χ1) is 11.0. The molecule has 0 radical (unpaired) electrons. The molecule has 0 N–H and O–H groups in total. The highest BCUT2D eigenvalue weighted by Gasteiger charge is 2.45. The standard InChI is InChI=1S/C19H18BrNO2/c1-19(2)17(12-14-6-4-3-5-7-14)23-21(18(19)22)13-15-8-10-16(20)11-9-15/h3-12H,13H2,1-2H3/b17-12-. The molecule has 1 heterocycles. The van der Waals surface area contributed by atoms with E-state index in [0.29, 0.717) is 12.3 Å². The Balaban J connectivity index is 1.83. The number of halogens is 1. The molecule has 0 saturated carbocycles. The Morgan fingerprint density at radius 2 is 1.74 bits per heavy atom. The van der Waals surface area contributed by atoms with E-state index in [1.165, 1.54) is 5.06 Å². The van der Waals surface area contributed by atoms with Crippen molar-refractivity contribution in [2.75, 3.05) is 0 Å². The highest BCUT2D eigenvalue weighted by atomic mass is 79.9. The summed E-state index contributed by atoms with van der Waals surface area (Å²) in [6.45, 7) is 4.22. The fraction of sp³-hybridized carbons (Fsp3) is 0.211. The van der Waals surface area contributed by atoms with Gasteiger partial charge in [-0.1, -0.05) is 58.4 Å². The van der Waals surface area contributed by atoms with Crippen LogP contribution in [0.1, 0.15) is 25.0 Å². The second-order valence-electron chi connectivity index (χ2n) is 6.10. The van der Waals surface area contributed by atoms with Gasteiger partial charge in [-0.2, -0.15) is 5.06 Å². The average molecular weight is 372 g/mol.